The Morgan fingerprint density at radius 1 is 1.25 bits per heavy atom. The smallest absolute Gasteiger partial charge is 0.293 e. The molecule has 0 saturated heterocycles. The highest BCUT2D eigenvalue weighted by Gasteiger charge is 2.14. The summed E-state index contributed by atoms with van der Waals surface area (Å²) in [4.78, 5) is 10.7. The first-order valence-electron chi connectivity index (χ1n) is 6.53. The molecule has 0 saturated carbocycles. The molecule has 1 aromatic heterocycles. The van der Waals surface area contributed by atoms with Gasteiger partial charge >= 0.3 is 0 Å². The molecule has 6 heteroatoms. The summed E-state index contributed by atoms with van der Waals surface area (Å²) >= 11 is 0. The maximum absolute atomic E-state index is 11.1. The van der Waals surface area contributed by atoms with Gasteiger partial charge in [0.2, 0.25) is 0 Å². The molecule has 0 spiro atoms. The summed E-state index contributed by atoms with van der Waals surface area (Å²) in [6, 6.07) is 7.02. The number of ether oxygens (including phenoxy) is 2. The number of para-hydroxylation sites is 1. The first kappa shape index (κ1) is 14.5. The quantitative estimate of drug-likeness (QED) is 0.423. The number of hydrogen-bond acceptors (Lipinski definition) is 4. The Labute approximate surface area is 117 Å². The lowest BCUT2D eigenvalue weighted by atomic mass is 10.2. The monoisotopic (exact) mass is 278 g/mol. The molecule has 0 fully saturated rings. The SMILES string of the molecule is COCCOCCCn1ccc2cccc([N+](=O)[O-])c21. The number of aromatic nitrogens is 1. The summed E-state index contributed by atoms with van der Waals surface area (Å²) in [7, 11) is 1.63. The molecule has 1 heterocycles. The molecule has 0 bridgehead atoms. The molecular weight excluding hydrogens is 260 g/mol. The summed E-state index contributed by atoms with van der Waals surface area (Å²) in [6.07, 6.45) is 2.69. The van der Waals surface area contributed by atoms with Gasteiger partial charge in [-0.15, -0.1) is 0 Å². The number of non-ortho nitro benzene ring substituents is 1. The van der Waals surface area contributed by atoms with Gasteiger partial charge in [0, 0.05) is 37.9 Å². The van der Waals surface area contributed by atoms with E-state index in [1.54, 1.807) is 13.2 Å². The van der Waals surface area contributed by atoms with Crippen molar-refractivity contribution in [3.63, 3.8) is 0 Å². The summed E-state index contributed by atoms with van der Waals surface area (Å²) in [5.41, 5.74) is 0.821. The van der Waals surface area contributed by atoms with Crippen molar-refractivity contribution in [3.05, 3.63) is 40.6 Å². The van der Waals surface area contributed by atoms with Crippen molar-refractivity contribution in [1.29, 1.82) is 0 Å². The Bertz CT molecular complexity index is 580. The molecule has 1 aromatic carbocycles. The summed E-state index contributed by atoms with van der Waals surface area (Å²) in [5, 5.41) is 12.0. The van der Waals surface area contributed by atoms with E-state index >= 15 is 0 Å². The van der Waals surface area contributed by atoms with E-state index in [0.29, 0.717) is 31.9 Å². The van der Waals surface area contributed by atoms with Crippen LogP contribution in [0, 0.1) is 10.1 Å². The molecule has 0 atom stereocenters. The van der Waals surface area contributed by atoms with Crippen LogP contribution in [0.1, 0.15) is 6.42 Å². The number of fused-ring (bicyclic) bond motifs is 1. The van der Waals surface area contributed by atoms with Gasteiger partial charge in [0.25, 0.3) is 5.69 Å². The lowest BCUT2D eigenvalue weighted by molar-refractivity contribution is -0.383. The zero-order valence-corrected chi connectivity index (χ0v) is 11.4. The lowest BCUT2D eigenvalue weighted by Crippen LogP contribution is -2.06. The summed E-state index contributed by atoms with van der Waals surface area (Å²) in [5.74, 6) is 0. The van der Waals surface area contributed by atoms with Crippen molar-refractivity contribution in [2.75, 3.05) is 26.9 Å². The van der Waals surface area contributed by atoms with Gasteiger partial charge in [-0.2, -0.15) is 0 Å². The normalized spacial score (nSPS) is 11.1. The van der Waals surface area contributed by atoms with E-state index in [1.165, 1.54) is 6.07 Å². The average Bonchev–Trinajstić information content (AvgIpc) is 2.86. The number of nitro groups is 1. The molecule has 0 unspecified atom stereocenters. The van der Waals surface area contributed by atoms with Gasteiger partial charge in [0.1, 0.15) is 5.52 Å². The zero-order chi connectivity index (χ0) is 14.4. The summed E-state index contributed by atoms with van der Waals surface area (Å²) in [6.45, 7) is 2.46. The predicted octanol–water partition coefficient (Wildman–Crippen LogP) is 2.60. The second-order valence-electron chi connectivity index (χ2n) is 4.44. The standard InChI is InChI=1S/C14H18N2O4/c1-19-10-11-20-9-3-7-15-8-6-12-4-2-5-13(14(12)15)16(17)18/h2,4-6,8H,3,7,9-11H2,1H3. The Kier molecular flexibility index (Phi) is 5.09. The Balaban J connectivity index is 2.01. The number of nitro benzene ring substituents is 1. The highest BCUT2D eigenvalue weighted by Crippen LogP contribution is 2.26. The van der Waals surface area contributed by atoms with Gasteiger partial charge < -0.3 is 14.0 Å². The van der Waals surface area contributed by atoms with Crippen LogP contribution in [0.2, 0.25) is 0 Å². The van der Waals surface area contributed by atoms with Gasteiger partial charge in [-0.25, -0.2) is 0 Å². The fraction of sp³-hybridized carbons (Fsp3) is 0.429. The third kappa shape index (κ3) is 3.34. The highest BCUT2D eigenvalue weighted by molar-refractivity contribution is 5.88. The molecule has 0 amide bonds. The maximum Gasteiger partial charge on any atom is 0.293 e. The predicted molar refractivity (Wildman–Crippen MR) is 75.9 cm³/mol. The molecule has 6 nitrogen and oxygen atoms in total. The number of hydrogen-bond donors (Lipinski definition) is 0. The van der Waals surface area contributed by atoms with E-state index in [9.17, 15) is 10.1 Å². The van der Waals surface area contributed by atoms with Crippen LogP contribution in [-0.4, -0.2) is 36.4 Å². The molecule has 0 N–H and O–H groups in total. The fourth-order valence-electron chi connectivity index (χ4n) is 2.16. The van der Waals surface area contributed by atoms with E-state index < -0.39 is 0 Å². The maximum atomic E-state index is 11.1. The van der Waals surface area contributed by atoms with Crippen molar-refractivity contribution in [1.82, 2.24) is 4.57 Å². The van der Waals surface area contributed by atoms with Crippen LogP contribution in [0.3, 0.4) is 0 Å². The van der Waals surface area contributed by atoms with E-state index in [-0.39, 0.29) is 10.6 Å². The van der Waals surface area contributed by atoms with E-state index in [0.717, 1.165) is 11.8 Å². The number of aryl methyl sites for hydroxylation is 1. The second kappa shape index (κ2) is 7.02. The average molecular weight is 278 g/mol. The van der Waals surface area contributed by atoms with E-state index in [2.05, 4.69) is 0 Å². The molecular formula is C14H18N2O4. The first-order valence-corrected chi connectivity index (χ1v) is 6.53. The highest BCUT2D eigenvalue weighted by atomic mass is 16.6. The largest absolute Gasteiger partial charge is 0.382 e. The van der Waals surface area contributed by atoms with Crippen molar-refractivity contribution >= 4 is 16.6 Å². The van der Waals surface area contributed by atoms with E-state index in [1.807, 2.05) is 22.9 Å². The Morgan fingerprint density at radius 2 is 2.10 bits per heavy atom. The van der Waals surface area contributed by atoms with Gasteiger partial charge in [0.05, 0.1) is 18.1 Å². The molecule has 0 radical (unpaired) electrons. The third-order valence-electron chi connectivity index (χ3n) is 3.08. The van der Waals surface area contributed by atoms with Gasteiger partial charge in [-0.05, 0) is 12.5 Å². The first-order chi connectivity index (χ1) is 9.74. The van der Waals surface area contributed by atoms with Crippen LogP contribution in [0.25, 0.3) is 10.9 Å². The van der Waals surface area contributed by atoms with Crippen molar-refractivity contribution < 1.29 is 14.4 Å². The fourth-order valence-corrected chi connectivity index (χ4v) is 2.16. The van der Waals surface area contributed by atoms with Crippen LogP contribution in [0.15, 0.2) is 30.5 Å². The van der Waals surface area contributed by atoms with Crippen LogP contribution in [0.5, 0.6) is 0 Å². The molecule has 108 valence electrons. The van der Waals surface area contributed by atoms with Crippen molar-refractivity contribution in [2.45, 2.75) is 13.0 Å². The third-order valence-corrected chi connectivity index (χ3v) is 3.08. The van der Waals surface area contributed by atoms with Gasteiger partial charge in [-0.1, -0.05) is 12.1 Å². The molecule has 2 aromatic rings. The molecule has 0 aliphatic rings. The molecule has 20 heavy (non-hydrogen) atoms. The van der Waals surface area contributed by atoms with Gasteiger partial charge in [-0.3, -0.25) is 10.1 Å². The topological polar surface area (TPSA) is 66.5 Å². The minimum absolute atomic E-state index is 0.146. The summed E-state index contributed by atoms with van der Waals surface area (Å²) < 4.78 is 12.2. The van der Waals surface area contributed by atoms with Crippen LogP contribution in [-0.2, 0) is 16.0 Å². The Hall–Kier alpha value is -1.92. The van der Waals surface area contributed by atoms with Crippen LogP contribution >= 0.6 is 0 Å². The second-order valence-corrected chi connectivity index (χ2v) is 4.44. The minimum atomic E-state index is -0.339. The van der Waals surface area contributed by atoms with Crippen LogP contribution in [0.4, 0.5) is 5.69 Å². The number of rotatable bonds is 8. The van der Waals surface area contributed by atoms with Crippen LogP contribution < -0.4 is 0 Å². The zero-order valence-electron chi connectivity index (χ0n) is 11.4. The Morgan fingerprint density at radius 3 is 2.85 bits per heavy atom. The number of methoxy groups -OCH3 is 1. The molecule has 0 aliphatic heterocycles. The number of benzene rings is 1. The van der Waals surface area contributed by atoms with E-state index in [4.69, 9.17) is 9.47 Å². The van der Waals surface area contributed by atoms with Crippen molar-refractivity contribution in [3.8, 4) is 0 Å². The van der Waals surface area contributed by atoms with Gasteiger partial charge in [0.15, 0.2) is 0 Å². The number of nitrogens with zero attached hydrogens (tertiary/aromatic N) is 2. The lowest BCUT2D eigenvalue weighted by Gasteiger charge is -2.06. The molecule has 2 rings (SSSR count). The van der Waals surface area contributed by atoms with Crippen molar-refractivity contribution in [2.24, 2.45) is 0 Å². The molecule has 0 aliphatic carbocycles. The minimum Gasteiger partial charge on any atom is -0.382 e.